The highest BCUT2D eigenvalue weighted by Crippen LogP contribution is 2.06. The van der Waals surface area contributed by atoms with Gasteiger partial charge in [-0.15, -0.1) is 0 Å². The Labute approximate surface area is 60.7 Å². The van der Waals surface area contributed by atoms with E-state index in [1.165, 1.54) is 0 Å². The average Bonchev–Trinajstić information content (AvgIpc) is 2.05. The molecule has 0 aliphatic carbocycles. The van der Waals surface area contributed by atoms with Crippen LogP contribution in [0.4, 0.5) is 5.69 Å². The summed E-state index contributed by atoms with van der Waals surface area (Å²) >= 11 is 0. The van der Waals surface area contributed by atoms with Crippen molar-refractivity contribution in [3.63, 3.8) is 0 Å². The summed E-state index contributed by atoms with van der Waals surface area (Å²) in [5.41, 5.74) is 1.05. The van der Waals surface area contributed by atoms with Crippen molar-refractivity contribution in [3.8, 4) is 0 Å². The summed E-state index contributed by atoms with van der Waals surface area (Å²) in [6, 6.07) is 1.90. The Morgan fingerprint density at radius 1 is 1.60 bits per heavy atom. The van der Waals surface area contributed by atoms with Gasteiger partial charge in [-0.05, 0) is 13.0 Å². The van der Waals surface area contributed by atoms with E-state index in [0.717, 1.165) is 12.2 Å². The Balaban J connectivity index is 2.75. The second kappa shape index (κ2) is 3.15. The van der Waals surface area contributed by atoms with E-state index in [4.69, 9.17) is 0 Å². The highest BCUT2D eigenvalue weighted by atomic mass is 15.1. The summed E-state index contributed by atoms with van der Waals surface area (Å²) in [5, 5.41) is 7.40. The van der Waals surface area contributed by atoms with Crippen LogP contribution >= 0.6 is 0 Å². The van der Waals surface area contributed by atoms with E-state index in [2.05, 4.69) is 17.1 Å². The van der Waals surface area contributed by atoms with Crippen LogP contribution in [-0.2, 0) is 0 Å². The Morgan fingerprint density at radius 3 is 2.90 bits per heavy atom. The first-order valence-electron chi connectivity index (χ1n) is 3.11. The van der Waals surface area contributed by atoms with Crippen molar-refractivity contribution >= 4 is 5.69 Å². The zero-order valence-electron chi connectivity index (χ0n) is 5.99. The summed E-state index contributed by atoms with van der Waals surface area (Å²) in [6.07, 6.45) is 3.38. The van der Waals surface area contributed by atoms with E-state index in [9.17, 15) is 0 Å². The monoisotopic (exact) mass is 136 g/mol. The van der Waals surface area contributed by atoms with Crippen LogP contribution < -0.4 is 4.90 Å². The van der Waals surface area contributed by atoms with Crippen molar-refractivity contribution in [1.29, 1.82) is 0 Å². The molecule has 0 atom stereocenters. The zero-order valence-corrected chi connectivity index (χ0v) is 5.99. The number of rotatable bonds is 2. The minimum Gasteiger partial charge on any atom is -0.373 e. The standard InChI is InChI=1S/C7H10N3/c1-3-10(2)7-4-5-8-9-6-7/h4-6H,1,3H2,2H3. The van der Waals surface area contributed by atoms with Crippen molar-refractivity contribution in [2.75, 3.05) is 18.5 Å². The molecule has 0 bridgehead atoms. The second-order valence-corrected chi connectivity index (χ2v) is 2.02. The Morgan fingerprint density at radius 2 is 2.40 bits per heavy atom. The molecule has 10 heavy (non-hydrogen) atoms. The summed E-state index contributed by atoms with van der Waals surface area (Å²) in [4.78, 5) is 1.99. The third-order valence-corrected chi connectivity index (χ3v) is 1.34. The minimum atomic E-state index is 0.742. The summed E-state index contributed by atoms with van der Waals surface area (Å²) in [6.45, 7) is 4.48. The smallest absolute Gasteiger partial charge is 0.0729 e. The van der Waals surface area contributed by atoms with Crippen LogP contribution in [0.5, 0.6) is 0 Å². The van der Waals surface area contributed by atoms with Crippen molar-refractivity contribution in [2.24, 2.45) is 0 Å². The molecule has 0 spiro atoms. The molecule has 1 radical (unpaired) electrons. The molecular formula is C7H10N3. The molecule has 0 aromatic carbocycles. The van der Waals surface area contributed by atoms with Crippen LogP contribution in [0.25, 0.3) is 0 Å². The fourth-order valence-electron chi connectivity index (χ4n) is 0.639. The lowest BCUT2D eigenvalue weighted by Crippen LogP contribution is -2.15. The lowest BCUT2D eigenvalue weighted by molar-refractivity contribution is 0.971. The maximum absolute atomic E-state index is 3.74. The lowest BCUT2D eigenvalue weighted by atomic mass is 10.4. The summed E-state index contributed by atoms with van der Waals surface area (Å²) in [7, 11) is 1.96. The maximum atomic E-state index is 3.74. The van der Waals surface area contributed by atoms with Gasteiger partial charge >= 0.3 is 0 Å². The predicted octanol–water partition coefficient (Wildman–Crippen LogP) is 0.747. The van der Waals surface area contributed by atoms with E-state index in [1.54, 1.807) is 12.4 Å². The molecule has 0 fully saturated rings. The van der Waals surface area contributed by atoms with Gasteiger partial charge in [0.25, 0.3) is 0 Å². The first-order valence-corrected chi connectivity index (χ1v) is 3.11. The molecule has 0 amide bonds. The first-order chi connectivity index (χ1) is 4.84. The molecule has 1 aromatic rings. The summed E-state index contributed by atoms with van der Waals surface area (Å²) < 4.78 is 0. The zero-order chi connectivity index (χ0) is 7.40. The van der Waals surface area contributed by atoms with Crippen LogP contribution in [-0.4, -0.2) is 23.8 Å². The highest BCUT2D eigenvalue weighted by Gasteiger charge is 1.94. The normalized spacial score (nSPS) is 9.40. The number of anilines is 1. The SMILES string of the molecule is [CH2]CN(C)c1ccnnc1. The quantitative estimate of drug-likeness (QED) is 0.600. The second-order valence-electron chi connectivity index (χ2n) is 2.02. The van der Waals surface area contributed by atoms with Gasteiger partial charge in [0.15, 0.2) is 0 Å². The molecule has 1 heterocycles. The number of hydrogen-bond acceptors (Lipinski definition) is 3. The third-order valence-electron chi connectivity index (χ3n) is 1.34. The fourth-order valence-corrected chi connectivity index (χ4v) is 0.639. The molecular weight excluding hydrogens is 126 g/mol. The van der Waals surface area contributed by atoms with E-state index in [1.807, 2.05) is 18.0 Å². The van der Waals surface area contributed by atoms with Gasteiger partial charge in [0.1, 0.15) is 0 Å². The van der Waals surface area contributed by atoms with Gasteiger partial charge in [-0.3, -0.25) is 0 Å². The van der Waals surface area contributed by atoms with Crippen molar-refractivity contribution in [2.45, 2.75) is 0 Å². The van der Waals surface area contributed by atoms with Crippen molar-refractivity contribution in [1.82, 2.24) is 10.2 Å². The fraction of sp³-hybridized carbons (Fsp3) is 0.286. The molecule has 0 aliphatic heterocycles. The van der Waals surface area contributed by atoms with E-state index >= 15 is 0 Å². The van der Waals surface area contributed by atoms with Crippen LogP contribution in [0, 0.1) is 6.92 Å². The van der Waals surface area contributed by atoms with Gasteiger partial charge in [0.05, 0.1) is 18.1 Å². The Hall–Kier alpha value is -1.12. The Bertz CT molecular complexity index is 185. The largest absolute Gasteiger partial charge is 0.373 e. The molecule has 3 heteroatoms. The van der Waals surface area contributed by atoms with Crippen molar-refractivity contribution in [3.05, 3.63) is 25.4 Å². The van der Waals surface area contributed by atoms with Crippen molar-refractivity contribution < 1.29 is 0 Å². The molecule has 3 nitrogen and oxygen atoms in total. The third kappa shape index (κ3) is 1.43. The first kappa shape index (κ1) is 6.99. The molecule has 1 aromatic heterocycles. The van der Waals surface area contributed by atoms with Gasteiger partial charge < -0.3 is 4.90 Å². The van der Waals surface area contributed by atoms with Gasteiger partial charge in [0.2, 0.25) is 0 Å². The lowest BCUT2D eigenvalue weighted by Gasteiger charge is -2.14. The van der Waals surface area contributed by atoms with Crippen LogP contribution in [0.3, 0.4) is 0 Å². The topological polar surface area (TPSA) is 29.0 Å². The predicted molar refractivity (Wildman–Crippen MR) is 40.7 cm³/mol. The van der Waals surface area contributed by atoms with Crippen LogP contribution in [0.15, 0.2) is 18.5 Å². The van der Waals surface area contributed by atoms with Crippen LogP contribution in [0.1, 0.15) is 0 Å². The molecule has 0 saturated heterocycles. The molecule has 53 valence electrons. The molecule has 0 saturated carbocycles. The number of nitrogens with zero attached hydrogens (tertiary/aromatic N) is 3. The maximum Gasteiger partial charge on any atom is 0.0729 e. The molecule has 0 unspecified atom stereocenters. The minimum absolute atomic E-state index is 0.742. The molecule has 0 N–H and O–H groups in total. The van der Waals surface area contributed by atoms with Gasteiger partial charge in [0, 0.05) is 13.6 Å². The van der Waals surface area contributed by atoms with E-state index in [0.29, 0.717) is 0 Å². The average molecular weight is 136 g/mol. The van der Waals surface area contributed by atoms with Crippen LogP contribution in [0.2, 0.25) is 0 Å². The molecule has 1 rings (SSSR count). The van der Waals surface area contributed by atoms with E-state index in [-0.39, 0.29) is 0 Å². The number of aromatic nitrogens is 2. The van der Waals surface area contributed by atoms with Gasteiger partial charge in [-0.25, -0.2) is 0 Å². The highest BCUT2D eigenvalue weighted by molar-refractivity contribution is 5.41. The summed E-state index contributed by atoms with van der Waals surface area (Å²) in [5.74, 6) is 0. The van der Waals surface area contributed by atoms with E-state index < -0.39 is 0 Å². The number of hydrogen-bond donors (Lipinski definition) is 0. The van der Waals surface area contributed by atoms with Gasteiger partial charge in [-0.1, -0.05) is 0 Å². The van der Waals surface area contributed by atoms with Gasteiger partial charge in [-0.2, -0.15) is 10.2 Å². The Kier molecular flexibility index (Phi) is 2.20. The molecule has 0 aliphatic rings.